The van der Waals surface area contributed by atoms with Gasteiger partial charge in [0.15, 0.2) is 0 Å². The van der Waals surface area contributed by atoms with Crippen LogP contribution in [0.2, 0.25) is 0 Å². The maximum Gasteiger partial charge on any atom is 0.145 e. The molecule has 0 aliphatic heterocycles. The number of carbonyl (C=O) groups excluding carboxylic acids is 1. The standard InChI is InChI=1S/C19H20O2S2/c1-14(20)17(22-15-8-4-2-5-9-15)18(21)19(12-13-19)23-16-10-6-3-7-11-16/h2-11,17-18,21H,12-13H2,1H3/t17?,18-/m1/s1. The van der Waals surface area contributed by atoms with Gasteiger partial charge in [-0.3, -0.25) is 4.79 Å². The summed E-state index contributed by atoms with van der Waals surface area (Å²) in [6, 6.07) is 20.0. The third-order valence-electron chi connectivity index (χ3n) is 4.04. The normalized spacial score (nSPS) is 18.2. The highest BCUT2D eigenvalue weighted by atomic mass is 32.2. The third kappa shape index (κ3) is 4.00. The monoisotopic (exact) mass is 344 g/mol. The van der Waals surface area contributed by atoms with Gasteiger partial charge < -0.3 is 5.11 Å². The van der Waals surface area contributed by atoms with E-state index in [1.54, 1.807) is 18.7 Å². The molecule has 0 spiro atoms. The molecule has 4 heteroatoms. The van der Waals surface area contributed by atoms with Gasteiger partial charge in [0.2, 0.25) is 0 Å². The summed E-state index contributed by atoms with van der Waals surface area (Å²) in [5.74, 6) is 0.0336. The summed E-state index contributed by atoms with van der Waals surface area (Å²) in [4.78, 5) is 14.3. The first-order chi connectivity index (χ1) is 11.1. The summed E-state index contributed by atoms with van der Waals surface area (Å²) in [6.07, 6.45) is 1.26. The molecule has 1 fully saturated rings. The predicted molar refractivity (Wildman–Crippen MR) is 97.0 cm³/mol. The lowest BCUT2D eigenvalue weighted by Gasteiger charge is -2.28. The molecule has 0 saturated heterocycles. The summed E-state index contributed by atoms with van der Waals surface area (Å²) in [5, 5.41) is 10.5. The summed E-state index contributed by atoms with van der Waals surface area (Å²) < 4.78 is -0.223. The minimum atomic E-state index is -0.643. The molecule has 23 heavy (non-hydrogen) atoms. The largest absolute Gasteiger partial charge is 0.390 e. The molecule has 2 aromatic carbocycles. The van der Waals surface area contributed by atoms with Crippen LogP contribution in [0.4, 0.5) is 0 Å². The number of carbonyl (C=O) groups is 1. The van der Waals surface area contributed by atoms with Crippen LogP contribution in [0.25, 0.3) is 0 Å². The first-order valence-electron chi connectivity index (χ1n) is 7.75. The van der Waals surface area contributed by atoms with E-state index in [4.69, 9.17) is 0 Å². The Bertz CT molecular complexity index is 654. The molecule has 2 aromatic rings. The van der Waals surface area contributed by atoms with Gasteiger partial charge in [-0.2, -0.15) is 0 Å². The molecule has 0 aromatic heterocycles. The zero-order valence-corrected chi connectivity index (χ0v) is 14.6. The Morgan fingerprint density at radius 3 is 2.00 bits per heavy atom. The summed E-state index contributed by atoms with van der Waals surface area (Å²) in [6.45, 7) is 1.58. The Balaban J connectivity index is 1.75. The zero-order chi connectivity index (χ0) is 16.3. The number of ketones is 1. The van der Waals surface area contributed by atoms with Gasteiger partial charge in [0.25, 0.3) is 0 Å². The van der Waals surface area contributed by atoms with Gasteiger partial charge >= 0.3 is 0 Å². The maximum absolute atomic E-state index is 12.1. The number of Topliss-reactive ketones (excluding diaryl/α,β-unsaturated/α-hetero) is 1. The van der Waals surface area contributed by atoms with Crippen molar-refractivity contribution < 1.29 is 9.90 Å². The molecule has 0 amide bonds. The van der Waals surface area contributed by atoms with Crippen LogP contribution in [0, 0.1) is 0 Å². The molecule has 120 valence electrons. The van der Waals surface area contributed by atoms with E-state index in [0.717, 1.165) is 22.6 Å². The molecular weight excluding hydrogens is 324 g/mol. The van der Waals surface area contributed by atoms with Gasteiger partial charge in [-0.1, -0.05) is 36.4 Å². The topological polar surface area (TPSA) is 37.3 Å². The minimum Gasteiger partial charge on any atom is -0.390 e. The van der Waals surface area contributed by atoms with E-state index in [9.17, 15) is 9.90 Å². The highest BCUT2D eigenvalue weighted by Crippen LogP contribution is 2.56. The van der Waals surface area contributed by atoms with Crippen molar-refractivity contribution in [3.05, 3.63) is 60.7 Å². The highest BCUT2D eigenvalue weighted by molar-refractivity contribution is 8.02. The van der Waals surface area contributed by atoms with Crippen molar-refractivity contribution in [3.63, 3.8) is 0 Å². The quantitative estimate of drug-likeness (QED) is 0.754. The van der Waals surface area contributed by atoms with E-state index in [0.29, 0.717) is 0 Å². The second-order valence-corrected chi connectivity index (χ2v) is 8.59. The molecule has 2 atom stereocenters. The van der Waals surface area contributed by atoms with Crippen LogP contribution in [-0.2, 0) is 4.79 Å². The van der Waals surface area contributed by atoms with Crippen LogP contribution in [0.15, 0.2) is 70.5 Å². The van der Waals surface area contributed by atoms with Crippen molar-refractivity contribution in [3.8, 4) is 0 Å². The first kappa shape index (κ1) is 16.6. The number of aliphatic hydroxyl groups is 1. The fraction of sp³-hybridized carbons (Fsp3) is 0.316. The number of benzene rings is 2. The second-order valence-electron chi connectivity index (χ2n) is 5.89. The average Bonchev–Trinajstić information content (AvgIpc) is 3.34. The smallest absolute Gasteiger partial charge is 0.145 e. The number of rotatable bonds is 7. The van der Waals surface area contributed by atoms with E-state index < -0.39 is 11.4 Å². The Labute approximate surface area is 145 Å². The van der Waals surface area contributed by atoms with Gasteiger partial charge in [-0.05, 0) is 44.0 Å². The zero-order valence-electron chi connectivity index (χ0n) is 13.0. The minimum absolute atomic E-state index is 0.0336. The molecule has 0 bridgehead atoms. The Hall–Kier alpha value is -1.23. The fourth-order valence-corrected chi connectivity index (χ4v) is 5.17. The lowest BCUT2D eigenvalue weighted by molar-refractivity contribution is -0.118. The Morgan fingerprint density at radius 1 is 1.00 bits per heavy atom. The Morgan fingerprint density at radius 2 is 1.52 bits per heavy atom. The molecule has 0 heterocycles. The van der Waals surface area contributed by atoms with E-state index in [2.05, 4.69) is 12.1 Å². The van der Waals surface area contributed by atoms with E-state index in [-0.39, 0.29) is 10.5 Å². The van der Waals surface area contributed by atoms with Crippen LogP contribution < -0.4 is 0 Å². The van der Waals surface area contributed by atoms with Gasteiger partial charge in [0.1, 0.15) is 5.78 Å². The van der Waals surface area contributed by atoms with Crippen LogP contribution in [0.3, 0.4) is 0 Å². The number of hydrogen-bond acceptors (Lipinski definition) is 4. The molecule has 1 aliphatic rings. The summed E-state index contributed by atoms with van der Waals surface area (Å²) >= 11 is 3.18. The van der Waals surface area contributed by atoms with Gasteiger partial charge in [0, 0.05) is 14.5 Å². The van der Waals surface area contributed by atoms with Crippen molar-refractivity contribution in [1.29, 1.82) is 0 Å². The molecule has 1 aliphatic carbocycles. The van der Waals surface area contributed by atoms with Crippen molar-refractivity contribution in [1.82, 2.24) is 0 Å². The summed E-state index contributed by atoms with van der Waals surface area (Å²) in [5.41, 5.74) is 0. The van der Waals surface area contributed by atoms with Crippen LogP contribution in [0.1, 0.15) is 19.8 Å². The van der Waals surface area contributed by atoms with Gasteiger partial charge in [-0.15, -0.1) is 23.5 Å². The molecule has 1 saturated carbocycles. The fourth-order valence-electron chi connectivity index (χ4n) is 2.60. The van der Waals surface area contributed by atoms with Gasteiger partial charge in [-0.25, -0.2) is 0 Å². The van der Waals surface area contributed by atoms with E-state index in [1.807, 2.05) is 48.5 Å². The number of thioether (sulfide) groups is 2. The van der Waals surface area contributed by atoms with Crippen LogP contribution in [-0.4, -0.2) is 27.0 Å². The Kier molecular flexibility index (Phi) is 5.14. The van der Waals surface area contributed by atoms with Gasteiger partial charge in [0.05, 0.1) is 11.4 Å². The molecule has 1 N–H and O–H groups in total. The number of hydrogen-bond donors (Lipinski definition) is 1. The lowest BCUT2D eigenvalue weighted by Crippen LogP contribution is -2.39. The van der Waals surface area contributed by atoms with Crippen molar-refractivity contribution in [2.75, 3.05) is 0 Å². The summed E-state index contributed by atoms with van der Waals surface area (Å²) in [7, 11) is 0. The third-order valence-corrected chi connectivity index (χ3v) is 6.99. The first-order valence-corrected chi connectivity index (χ1v) is 9.45. The van der Waals surface area contributed by atoms with Crippen LogP contribution >= 0.6 is 23.5 Å². The van der Waals surface area contributed by atoms with Crippen molar-refractivity contribution in [2.45, 2.75) is 45.7 Å². The average molecular weight is 345 g/mol. The molecule has 2 nitrogen and oxygen atoms in total. The maximum atomic E-state index is 12.1. The van der Waals surface area contributed by atoms with E-state index >= 15 is 0 Å². The van der Waals surface area contributed by atoms with E-state index in [1.165, 1.54) is 11.8 Å². The van der Waals surface area contributed by atoms with Crippen molar-refractivity contribution in [2.24, 2.45) is 0 Å². The lowest BCUT2D eigenvalue weighted by atomic mass is 10.1. The number of aliphatic hydroxyl groups excluding tert-OH is 1. The second kappa shape index (κ2) is 7.12. The predicted octanol–water partition coefficient (Wildman–Crippen LogP) is 4.42. The van der Waals surface area contributed by atoms with Crippen LogP contribution in [0.5, 0.6) is 0 Å². The molecule has 3 rings (SSSR count). The SMILES string of the molecule is CC(=O)C(Sc1ccccc1)[C@@H](O)C1(Sc2ccccc2)CC1. The van der Waals surface area contributed by atoms with Crippen molar-refractivity contribution >= 4 is 29.3 Å². The molecule has 0 radical (unpaired) electrons. The molecule has 1 unspecified atom stereocenters. The molecular formula is C19H20O2S2. The highest BCUT2D eigenvalue weighted by Gasteiger charge is 2.53.